The Morgan fingerprint density at radius 2 is 2.32 bits per heavy atom. The van der Waals surface area contributed by atoms with Gasteiger partial charge in [-0.05, 0) is 31.3 Å². The summed E-state index contributed by atoms with van der Waals surface area (Å²) in [6, 6.07) is 0. The summed E-state index contributed by atoms with van der Waals surface area (Å²) in [7, 11) is 0. The average Bonchev–Trinajstić information content (AvgIpc) is 2.47. The highest BCUT2D eigenvalue weighted by Crippen LogP contribution is 2.39. The van der Waals surface area contributed by atoms with E-state index in [4.69, 9.17) is 4.74 Å². The molecule has 2 rings (SSSR count). The molecule has 0 bridgehead atoms. The number of fused-ring (bicyclic) bond motifs is 1. The average molecular weight is 264 g/mol. The zero-order chi connectivity index (χ0) is 14.2. The number of hydrogen-bond donors (Lipinski definition) is 1. The molecule has 104 valence electrons. The minimum absolute atomic E-state index is 0.0111. The molecule has 0 aromatic rings. The van der Waals surface area contributed by atoms with Crippen LogP contribution in [-0.4, -0.2) is 29.1 Å². The summed E-state index contributed by atoms with van der Waals surface area (Å²) in [6.07, 6.45) is 2.55. The van der Waals surface area contributed by atoms with Gasteiger partial charge < -0.3 is 9.84 Å². The van der Waals surface area contributed by atoms with Gasteiger partial charge in [0.1, 0.15) is 11.9 Å². The number of ether oxygens (including phenoxy) is 1. The van der Waals surface area contributed by atoms with Crippen LogP contribution in [0.5, 0.6) is 0 Å². The fourth-order valence-corrected chi connectivity index (χ4v) is 2.98. The van der Waals surface area contributed by atoms with Gasteiger partial charge in [0.25, 0.3) is 0 Å². The van der Waals surface area contributed by atoms with Crippen molar-refractivity contribution in [2.75, 3.05) is 0 Å². The number of carbonyl (C=O) groups excluding carboxylic acids is 2. The van der Waals surface area contributed by atoms with Crippen molar-refractivity contribution >= 4 is 11.8 Å². The molecule has 2 aliphatic rings. The number of Topliss-reactive ketones (excluding diaryl/α,β-unsaturated/α-hetero) is 1. The lowest BCUT2D eigenvalue weighted by Gasteiger charge is -2.21. The lowest BCUT2D eigenvalue weighted by Crippen LogP contribution is -2.22. The number of hydrogen-bond acceptors (Lipinski definition) is 4. The van der Waals surface area contributed by atoms with Crippen LogP contribution in [0.15, 0.2) is 23.8 Å². The zero-order valence-corrected chi connectivity index (χ0v) is 11.4. The number of aliphatic hydroxyl groups excluding tert-OH is 1. The molecule has 19 heavy (non-hydrogen) atoms. The smallest absolute Gasteiger partial charge is 0.334 e. The number of rotatable bonds is 3. The first-order chi connectivity index (χ1) is 8.90. The van der Waals surface area contributed by atoms with Crippen molar-refractivity contribution in [3.63, 3.8) is 0 Å². The van der Waals surface area contributed by atoms with Crippen LogP contribution >= 0.6 is 0 Å². The predicted octanol–water partition coefficient (Wildman–Crippen LogP) is 1.78. The van der Waals surface area contributed by atoms with Crippen LogP contribution in [-0.2, 0) is 14.3 Å². The van der Waals surface area contributed by atoms with Gasteiger partial charge >= 0.3 is 5.97 Å². The van der Waals surface area contributed by atoms with E-state index in [0.29, 0.717) is 18.4 Å². The standard InChI is InChI=1S/C15H20O4/c1-8-6-14-12(10(3)15(18)19-14)5-4-11(8)13(17)7-9(2)16/h4,8,12-14,17H,3,5-7H2,1-2H3/t8-,12+,13?,14+/m0/s1. The lowest BCUT2D eigenvalue weighted by molar-refractivity contribution is -0.139. The van der Waals surface area contributed by atoms with E-state index in [1.54, 1.807) is 0 Å². The maximum absolute atomic E-state index is 11.5. The molecule has 4 heteroatoms. The van der Waals surface area contributed by atoms with E-state index in [1.807, 2.05) is 13.0 Å². The van der Waals surface area contributed by atoms with Crippen molar-refractivity contribution in [1.29, 1.82) is 0 Å². The number of aliphatic hydroxyl groups is 1. The van der Waals surface area contributed by atoms with Gasteiger partial charge in [-0.25, -0.2) is 4.79 Å². The van der Waals surface area contributed by atoms with E-state index >= 15 is 0 Å². The monoisotopic (exact) mass is 264 g/mol. The first-order valence-corrected chi connectivity index (χ1v) is 6.67. The summed E-state index contributed by atoms with van der Waals surface area (Å²) in [5, 5.41) is 10.1. The first kappa shape index (κ1) is 14.0. The normalized spacial score (nSPS) is 32.2. The van der Waals surface area contributed by atoms with Crippen LogP contribution < -0.4 is 0 Å². The number of carbonyl (C=O) groups is 2. The molecule has 0 aromatic heterocycles. The SMILES string of the molecule is C=C1C(=O)O[C@@H]2C[C@H](C)C(C(O)CC(C)=O)=CC[C@H]12. The van der Waals surface area contributed by atoms with Gasteiger partial charge in [-0.15, -0.1) is 0 Å². The molecule has 1 unspecified atom stereocenters. The molecule has 4 nitrogen and oxygen atoms in total. The third-order valence-corrected chi connectivity index (χ3v) is 4.04. The predicted molar refractivity (Wildman–Crippen MR) is 70.3 cm³/mol. The van der Waals surface area contributed by atoms with Crippen molar-refractivity contribution < 1.29 is 19.4 Å². The van der Waals surface area contributed by atoms with Gasteiger partial charge in [-0.3, -0.25) is 4.79 Å². The van der Waals surface area contributed by atoms with Gasteiger partial charge in [-0.2, -0.15) is 0 Å². The highest BCUT2D eigenvalue weighted by Gasteiger charge is 2.41. The van der Waals surface area contributed by atoms with E-state index in [-0.39, 0.29) is 36.1 Å². The molecule has 0 spiro atoms. The van der Waals surface area contributed by atoms with Crippen molar-refractivity contribution in [3.05, 3.63) is 23.8 Å². The van der Waals surface area contributed by atoms with Gasteiger partial charge in [0.15, 0.2) is 0 Å². The molecule has 4 atom stereocenters. The van der Waals surface area contributed by atoms with E-state index in [0.717, 1.165) is 5.57 Å². The molecule has 0 amide bonds. The Kier molecular flexibility index (Phi) is 3.90. The quantitative estimate of drug-likeness (QED) is 0.479. The molecule has 0 saturated carbocycles. The molecule has 1 saturated heterocycles. The molecule has 1 aliphatic heterocycles. The maximum atomic E-state index is 11.5. The molecule has 1 fully saturated rings. The van der Waals surface area contributed by atoms with Crippen molar-refractivity contribution in [2.24, 2.45) is 11.8 Å². The largest absolute Gasteiger partial charge is 0.458 e. The summed E-state index contributed by atoms with van der Waals surface area (Å²) < 4.78 is 5.32. The number of ketones is 1. The molecule has 1 N–H and O–H groups in total. The minimum atomic E-state index is -0.727. The minimum Gasteiger partial charge on any atom is -0.458 e. The van der Waals surface area contributed by atoms with Gasteiger partial charge in [-0.1, -0.05) is 19.6 Å². The third kappa shape index (κ3) is 2.78. The molecule has 1 aliphatic carbocycles. The fourth-order valence-electron chi connectivity index (χ4n) is 2.98. The van der Waals surface area contributed by atoms with Gasteiger partial charge in [0.2, 0.25) is 0 Å². The lowest BCUT2D eigenvalue weighted by atomic mass is 9.89. The molecular formula is C15H20O4. The maximum Gasteiger partial charge on any atom is 0.334 e. The number of allylic oxidation sites excluding steroid dienone is 1. The van der Waals surface area contributed by atoms with Crippen LogP contribution in [0.3, 0.4) is 0 Å². The van der Waals surface area contributed by atoms with Gasteiger partial charge in [0.05, 0.1) is 6.10 Å². The third-order valence-electron chi connectivity index (χ3n) is 4.04. The number of esters is 1. The molecule has 1 heterocycles. The van der Waals surface area contributed by atoms with Crippen LogP contribution in [0.25, 0.3) is 0 Å². The first-order valence-electron chi connectivity index (χ1n) is 6.67. The van der Waals surface area contributed by atoms with Crippen LogP contribution in [0.1, 0.15) is 33.1 Å². The molecular weight excluding hydrogens is 244 g/mol. The Bertz CT molecular complexity index is 449. The fraction of sp³-hybridized carbons (Fsp3) is 0.600. The van der Waals surface area contributed by atoms with E-state index in [9.17, 15) is 14.7 Å². The highest BCUT2D eigenvalue weighted by atomic mass is 16.6. The Morgan fingerprint density at radius 3 is 2.95 bits per heavy atom. The Morgan fingerprint density at radius 1 is 1.63 bits per heavy atom. The Hall–Kier alpha value is -1.42. The second-order valence-electron chi connectivity index (χ2n) is 5.57. The summed E-state index contributed by atoms with van der Waals surface area (Å²) in [4.78, 5) is 22.6. The van der Waals surface area contributed by atoms with Crippen LogP contribution in [0.4, 0.5) is 0 Å². The van der Waals surface area contributed by atoms with Crippen LogP contribution in [0, 0.1) is 11.8 Å². The van der Waals surface area contributed by atoms with E-state index in [2.05, 4.69) is 6.58 Å². The Labute approximate surface area is 113 Å². The highest BCUT2D eigenvalue weighted by molar-refractivity contribution is 5.90. The van der Waals surface area contributed by atoms with Crippen LogP contribution in [0.2, 0.25) is 0 Å². The topological polar surface area (TPSA) is 63.6 Å². The van der Waals surface area contributed by atoms with Crippen molar-refractivity contribution in [3.8, 4) is 0 Å². The second-order valence-corrected chi connectivity index (χ2v) is 5.57. The summed E-state index contributed by atoms with van der Waals surface area (Å²) in [6.45, 7) is 7.25. The van der Waals surface area contributed by atoms with E-state index < -0.39 is 6.10 Å². The van der Waals surface area contributed by atoms with Gasteiger partial charge in [0, 0.05) is 17.9 Å². The van der Waals surface area contributed by atoms with Crippen molar-refractivity contribution in [2.45, 2.75) is 45.3 Å². The summed E-state index contributed by atoms with van der Waals surface area (Å²) >= 11 is 0. The summed E-state index contributed by atoms with van der Waals surface area (Å²) in [5.74, 6) is -0.218. The summed E-state index contributed by atoms with van der Waals surface area (Å²) in [5.41, 5.74) is 1.41. The zero-order valence-electron chi connectivity index (χ0n) is 11.4. The van der Waals surface area contributed by atoms with E-state index in [1.165, 1.54) is 6.92 Å². The molecule has 0 aromatic carbocycles. The Balaban J connectivity index is 2.15. The molecule has 0 radical (unpaired) electrons. The van der Waals surface area contributed by atoms with Crippen molar-refractivity contribution in [1.82, 2.24) is 0 Å². The second kappa shape index (κ2) is 5.29.